The van der Waals surface area contributed by atoms with Crippen molar-refractivity contribution in [1.82, 2.24) is 4.98 Å². The molecule has 0 amide bonds. The molecule has 8 heteroatoms. The van der Waals surface area contributed by atoms with E-state index in [0.29, 0.717) is 16.6 Å². The van der Waals surface area contributed by atoms with Crippen LogP contribution < -0.4 is 5.73 Å². The predicted molar refractivity (Wildman–Crippen MR) is 93.8 cm³/mol. The van der Waals surface area contributed by atoms with Crippen LogP contribution in [0.1, 0.15) is 22.7 Å². The van der Waals surface area contributed by atoms with Crippen molar-refractivity contribution in [2.75, 3.05) is 12.3 Å². The molecule has 2 unspecified atom stereocenters. The van der Waals surface area contributed by atoms with Gasteiger partial charge >= 0.3 is 6.18 Å². The summed E-state index contributed by atoms with van der Waals surface area (Å²) in [6.45, 7) is 0.798. The van der Waals surface area contributed by atoms with Gasteiger partial charge in [-0.2, -0.15) is 13.2 Å². The molecule has 0 radical (unpaired) electrons. The summed E-state index contributed by atoms with van der Waals surface area (Å²) in [4.78, 5) is 4.32. The molecule has 28 heavy (non-hydrogen) atoms. The first kappa shape index (κ1) is 18.6. The van der Waals surface area contributed by atoms with Crippen LogP contribution in [0, 0.1) is 18.6 Å². The number of hydrogen-bond donors (Lipinski definition) is 1. The molecule has 2 heterocycles. The number of nitrogens with two attached hydrogens (primary N) is 1. The number of ether oxygens (including phenoxy) is 1. The van der Waals surface area contributed by atoms with E-state index in [4.69, 9.17) is 10.5 Å². The number of nitrogen functional groups attached to an aromatic ring is 1. The molecule has 3 aromatic rings. The summed E-state index contributed by atoms with van der Waals surface area (Å²) in [6.07, 6.45) is -4.84. The molecule has 4 rings (SSSR count). The fraction of sp³-hybridized carbons (Fsp3) is 0.250. The molecule has 0 aliphatic carbocycles. The summed E-state index contributed by atoms with van der Waals surface area (Å²) >= 11 is 0. The molecule has 1 fully saturated rings. The number of halogens is 5. The zero-order valence-electron chi connectivity index (χ0n) is 14.6. The highest BCUT2D eigenvalue weighted by atomic mass is 19.4. The maximum absolute atomic E-state index is 14.5. The first-order valence-corrected chi connectivity index (χ1v) is 8.46. The van der Waals surface area contributed by atoms with Crippen molar-refractivity contribution in [2.24, 2.45) is 0 Å². The van der Waals surface area contributed by atoms with Crippen LogP contribution >= 0.6 is 0 Å². The van der Waals surface area contributed by atoms with Gasteiger partial charge < -0.3 is 10.5 Å². The van der Waals surface area contributed by atoms with Crippen LogP contribution in [0.5, 0.6) is 0 Å². The third kappa shape index (κ3) is 2.71. The Balaban J connectivity index is 2.04. The second-order valence-electron chi connectivity index (χ2n) is 6.82. The number of nitrogens with zero attached hydrogens (tertiary/aromatic N) is 1. The van der Waals surface area contributed by atoms with Crippen LogP contribution in [-0.4, -0.2) is 23.4 Å². The number of aryl methyl sites for hydroxylation is 1. The number of rotatable bonds is 3. The van der Waals surface area contributed by atoms with E-state index in [2.05, 4.69) is 4.98 Å². The van der Waals surface area contributed by atoms with Crippen LogP contribution in [0.4, 0.5) is 27.6 Å². The Hall–Kier alpha value is -2.74. The van der Waals surface area contributed by atoms with E-state index in [1.54, 1.807) is 18.2 Å². The van der Waals surface area contributed by atoms with E-state index in [9.17, 15) is 22.0 Å². The second-order valence-corrected chi connectivity index (χ2v) is 6.82. The van der Waals surface area contributed by atoms with Gasteiger partial charge in [0.1, 0.15) is 11.6 Å². The lowest BCUT2D eigenvalue weighted by molar-refractivity contribution is -0.187. The SMILES string of the molecule is Cc1nc2cccc(N)c2cc1C(c1c(F)cccc1F)C1(C(F)(F)F)CO1. The number of anilines is 1. The Morgan fingerprint density at radius 3 is 2.29 bits per heavy atom. The molecular weight excluding hydrogens is 379 g/mol. The van der Waals surface area contributed by atoms with Crippen molar-refractivity contribution < 1.29 is 26.7 Å². The normalized spacial score (nSPS) is 20.4. The number of epoxide rings is 1. The highest BCUT2D eigenvalue weighted by Crippen LogP contribution is 2.56. The van der Waals surface area contributed by atoms with E-state index in [1.807, 2.05) is 0 Å². The van der Waals surface area contributed by atoms with Crippen molar-refractivity contribution in [2.45, 2.75) is 24.6 Å². The second kappa shape index (κ2) is 6.13. The van der Waals surface area contributed by atoms with E-state index in [-0.39, 0.29) is 11.3 Å². The van der Waals surface area contributed by atoms with Gasteiger partial charge in [0.25, 0.3) is 0 Å². The Bertz CT molecular complexity index is 1060. The molecule has 1 saturated heterocycles. The van der Waals surface area contributed by atoms with Crippen molar-refractivity contribution in [1.29, 1.82) is 0 Å². The molecule has 2 atom stereocenters. The summed E-state index contributed by atoms with van der Waals surface area (Å²) in [5, 5.41) is 0.405. The van der Waals surface area contributed by atoms with Gasteiger partial charge in [0.15, 0.2) is 5.60 Å². The molecule has 2 aromatic carbocycles. The lowest BCUT2D eigenvalue weighted by atomic mass is 9.78. The van der Waals surface area contributed by atoms with Gasteiger partial charge in [0.05, 0.1) is 18.0 Å². The standard InChI is InChI=1S/C20H15F5N2O/c1-10-11(8-12-15(26)6-3-7-16(12)27-10)18(19(9-28-19)20(23,24)25)17-13(21)4-2-5-14(17)22/h2-8,18H,9,26H2,1H3. The van der Waals surface area contributed by atoms with E-state index < -0.39 is 41.5 Å². The molecule has 1 aliphatic heterocycles. The fourth-order valence-electron chi connectivity index (χ4n) is 3.62. The monoisotopic (exact) mass is 394 g/mol. The first-order valence-electron chi connectivity index (χ1n) is 8.46. The molecule has 3 nitrogen and oxygen atoms in total. The molecule has 0 saturated carbocycles. The predicted octanol–water partition coefficient (Wildman–Crippen LogP) is 4.87. The van der Waals surface area contributed by atoms with Crippen LogP contribution in [-0.2, 0) is 4.74 Å². The number of benzene rings is 2. The Kier molecular flexibility index (Phi) is 4.08. The van der Waals surface area contributed by atoms with Gasteiger partial charge in [-0.15, -0.1) is 0 Å². The number of fused-ring (bicyclic) bond motifs is 1. The third-order valence-electron chi connectivity index (χ3n) is 5.12. The number of aromatic nitrogens is 1. The van der Waals surface area contributed by atoms with Crippen molar-refractivity contribution in [3.8, 4) is 0 Å². The van der Waals surface area contributed by atoms with Crippen LogP contribution in [0.15, 0.2) is 42.5 Å². The van der Waals surface area contributed by atoms with Gasteiger partial charge in [-0.1, -0.05) is 12.1 Å². The maximum Gasteiger partial charge on any atom is 0.420 e. The number of alkyl halides is 3. The van der Waals surface area contributed by atoms with Crippen LogP contribution in [0.2, 0.25) is 0 Å². The molecule has 1 aliphatic rings. The summed E-state index contributed by atoms with van der Waals surface area (Å²) < 4.78 is 75.6. The van der Waals surface area contributed by atoms with Crippen molar-refractivity contribution in [3.63, 3.8) is 0 Å². The molecule has 0 spiro atoms. The lowest BCUT2D eigenvalue weighted by Gasteiger charge is -2.29. The zero-order valence-corrected chi connectivity index (χ0v) is 14.6. The average Bonchev–Trinajstić information content (AvgIpc) is 3.40. The third-order valence-corrected chi connectivity index (χ3v) is 5.12. The minimum Gasteiger partial charge on any atom is -0.398 e. The average molecular weight is 394 g/mol. The highest BCUT2D eigenvalue weighted by Gasteiger charge is 2.71. The lowest BCUT2D eigenvalue weighted by Crippen LogP contribution is -2.40. The highest BCUT2D eigenvalue weighted by molar-refractivity contribution is 5.91. The Morgan fingerprint density at radius 1 is 1.11 bits per heavy atom. The van der Waals surface area contributed by atoms with Gasteiger partial charge in [0, 0.05) is 22.3 Å². The van der Waals surface area contributed by atoms with E-state index in [0.717, 1.165) is 18.2 Å². The Labute approximate surface area is 156 Å². The smallest absolute Gasteiger partial charge is 0.398 e. The molecule has 1 aromatic heterocycles. The van der Waals surface area contributed by atoms with Crippen molar-refractivity contribution in [3.05, 3.63) is 70.9 Å². The van der Waals surface area contributed by atoms with Crippen LogP contribution in [0.25, 0.3) is 10.9 Å². The minimum atomic E-state index is -4.84. The Morgan fingerprint density at radius 2 is 1.71 bits per heavy atom. The molecule has 146 valence electrons. The van der Waals surface area contributed by atoms with E-state index >= 15 is 0 Å². The summed E-state index contributed by atoms with van der Waals surface area (Å²) in [5.41, 5.74) is 3.53. The first-order chi connectivity index (χ1) is 13.2. The van der Waals surface area contributed by atoms with Gasteiger partial charge in [-0.3, -0.25) is 4.98 Å². The minimum absolute atomic E-state index is 0.0178. The summed E-state index contributed by atoms with van der Waals surface area (Å²) in [7, 11) is 0. The quantitative estimate of drug-likeness (QED) is 0.392. The largest absolute Gasteiger partial charge is 0.420 e. The fourth-order valence-corrected chi connectivity index (χ4v) is 3.62. The summed E-state index contributed by atoms with van der Waals surface area (Å²) in [5.74, 6) is -3.92. The van der Waals surface area contributed by atoms with Crippen molar-refractivity contribution >= 4 is 16.6 Å². The number of pyridine rings is 1. The maximum atomic E-state index is 14.5. The van der Waals surface area contributed by atoms with Crippen LogP contribution in [0.3, 0.4) is 0 Å². The van der Waals surface area contributed by atoms with Gasteiger partial charge in [0.2, 0.25) is 0 Å². The zero-order chi connectivity index (χ0) is 20.3. The van der Waals surface area contributed by atoms with Gasteiger partial charge in [-0.05, 0) is 42.8 Å². The topological polar surface area (TPSA) is 51.4 Å². The van der Waals surface area contributed by atoms with Gasteiger partial charge in [-0.25, -0.2) is 8.78 Å². The van der Waals surface area contributed by atoms with E-state index in [1.165, 1.54) is 13.0 Å². The molecule has 2 N–H and O–H groups in total. The molecule has 0 bridgehead atoms. The number of hydrogen-bond acceptors (Lipinski definition) is 3. The molecular formula is C20H15F5N2O. The summed E-state index contributed by atoms with van der Waals surface area (Å²) in [6, 6.07) is 9.27.